The number of alkyl halides is 5. The summed E-state index contributed by atoms with van der Waals surface area (Å²) in [5.74, 6) is -2.91. The van der Waals surface area contributed by atoms with Gasteiger partial charge in [0.05, 0.1) is 21.8 Å². The molecule has 1 atom stereocenters. The zero-order valence-electron chi connectivity index (χ0n) is 12.4. The van der Waals surface area contributed by atoms with Gasteiger partial charge in [0.1, 0.15) is 6.54 Å². The van der Waals surface area contributed by atoms with E-state index in [-0.39, 0.29) is 6.42 Å². The van der Waals surface area contributed by atoms with Gasteiger partial charge in [0.25, 0.3) is 5.92 Å². The van der Waals surface area contributed by atoms with Gasteiger partial charge in [0.2, 0.25) is 0 Å². The van der Waals surface area contributed by atoms with Gasteiger partial charge in [-0.2, -0.15) is 13.2 Å². The first-order valence-electron chi connectivity index (χ1n) is 7.37. The summed E-state index contributed by atoms with van der Waals surface area (Å²) in [5.41, 5.74) is 0.803. The Bertz CT molecular complexity index is 741. The third kappa shape index (κ3) is 3.61. The second-order valence-electron chi connectivity index (χ2n) is 5.83. The molecule has 0 spiro atoms. The SMILES string of the molecule is FC(F)(F)Cn1c(I)cc2c(NC3CCNCC3(F)F)cccc21. The number of hydrogen-bond acceptors (Lipinski definition) is 2. The molecule has 3 nitrogen and oxygen atoms in total. The van der Waals surface area contributed by atoms with Crippen LogP contribution < -0.4 is 10.6 Å². The van der Waals surface area contributed by atoms with Crippen LogP contribution >= 0.6 is 22.6 Å². The number of piperidine rings is 1. The number of nitrogens with one attached hydrogen (secondary N) is 2. The summed E-state index contributed by atoms with van der Waals surface area (Å²) in [6.45, 7) is -1.05. The lowest BCUT2D eigenvalue weighted by molar-refractivity contribution is -0.140. The van der Waals surface area contributed by atoms with Crippen molar-refractivity contribution in [2.75, 3.05) is 18.4 Å². The van der Waals surface area contributed by atoms with Gasteiger partial charge < -0.3 is 15.2 Å². The van der Waals surface area contributed by atoms with E-state index >= 15 is 0 Å². The Morgan fingerprint density at radius 2 is 2.08 bits per heavy atom. The lowest BCUT2D eigenvalue weighted by atomic mass is 10.0. The maximum atomic E-state index is 14.0. The van der Waals surface area contributed by atoms with Crippen molar-refractivity contribution in [1.82, 2.24) is 9.88 Å². The van der Waals surface area contributed by atoms with Gasteiger partial charge in [-0.25, -0.2) is 8.78 Å². The third-order valence-electron chi connectivity index (χ3n) is 4.04. The van der Waals surface area contributed by atoms with E-state index in [0.717, 1.165) is 4.57 Å². The van der Waals surface area contributed by atoms with Crippen LogP contribution in [0.25, 0.3) is 10.9 Å². The zero-order chi connectivity index (χ0) is 17.5. The average Bonchev–Trinajstić information content (AvgIpc) is 2.77. The molecule has 1 fully saturated rings. The molecule has 2 N–H and O–H groups in total. The maximum absolute atomic E-state index is 14.0. The number of aromatic nitrogens is 1. The van der Waals surface area contributed by atoms with E-state index in [2.05, 4.69) is 10.6 Å². The standard InChI is InChI=1S/C15H15F5IN3/c16-14(17)7-22-5-4-12(14)23-10-2-1-3-11-9(10)6-13(21)24(11)8-15(18,19)20/h1-3,6,12,22-23H,4-5,7-8H2. The van der Waals surface area contributed by atoms with Crippen LogP contribution in [0.15, 0.2) is 24.3 Å². The van der Waals surface area contributed by atoms with Crippen LogP contribution in [0.2, 0.25) is 0 Å². The minimum Gasteiger partial charge on any atom is -0.376 e. The smallest absolute Gasteiger partial charge is 0.376 e. The van der Waals surface area contributed by atoms with Crippen LogP contribution in [0.3, 0.4) is 0 Å². The van der Waals surface area contributed by atoms with Gasteiger partial charge in [-0.15, -0.1) is 0 Å². The first-order valence-corrected chi connectivity index (χ1v) is 8.45. The van der Waals surface area contributed by atoms with Gasteiger partial charge in [0.15, 0.2) is 0 Å². The molecule has 0 radical (unpaired) electrons. The third-order valence-corrected chi connectivity index (χ3v) is 4.94. The van der Waals surface area contributed by atoms with Crippen molar-refractivity contribution in [2.24, 2.45) is 0 Å². The van der Waals surface area contributed by atoms with Crippen molar-refractivity contribution in [3.63, 3.8) is 0 Å². The molecular formula is C15H15F5IN3. The fraction of sp³-hybridized carbons (Fsp3) is 0.467. The summed E-state index contributed by atoms with van der Waals surface area (Å²) in [6, 6.07) is 5.30. The van der Waals surface area contributed by atoms with Crippen LogP contribution in [0, 0.1) is 3.70 Å². The lowest BCUT2D eigenvalue weighted by Crippen LogP contribution is -2.52. The Kier molecular flexibility index (Phi) is 4.67. The summed E-state index contributed by atoms with van der Waals surface area (Å²) in [5, 5.41) is 5.99. The number of nitrogens with zero attached hydrogens (tertiary/aromatic N) is 1. The van der Waals surface area contributed by atoms with E-state index in [1.165, 1.54) is 0 Å². The fourth-order valence-corrected chi connectivity index (χ4v) is 3.66. The van der Waals surface area contributed by atoms with Gasteiger partial charge in [-0.1, -0.05) is 6.07 Å². The highest BCUT2D eigenvalue weighted by Gasteiger charge is 2.41. The summed E-state index contributed by atoms with van der Waals surface area (Å²) < 4.78 is 67.8. The Labute approximate surface area is 148 Å². The second kappa shape index (κ2) is 6.32. The van der Waals surface area contributed by atoms with E-state index < -0.39 is 31.2 Å². The number of benzene rings is 1. The average molecular weight is 459 g/mol. The van der Waals surface area contributed by atoms with Gasteiger partial charge in [-0.05, 0) is 53.8 Å². The van der Waals surface area contributed by atoms with Gasteiger partial charge in [0, 0.05) is 11.1 Å². The topological polar surface area (TPSA) is 29.0 Å². The predicted molar refractivity (Wildman–Crippen MR) is 90.6 cm³/mol. The number of hydrogen-bond donors (Lipinski definition) is 2. The summed E-state index contributed by atoms with van der Waals surface area (Å²) in [4.78, 5) is 0. The number of fused-ring (bicyclic) bond motifs is 1. The summed E-state index contributed by atoms with van der Waals surface area (Å²) >= 11 is 1.82. The van der Waals surface area contributed by atoms with Gasteiger partial charge in [-0.3, -0.25) is 0 Å². The van der Waals surface area contributed by atoms with E-state index in [1.54, 1.807) is 24.3 Å². The number of anilines is 1. The molecular weight excluding hydrogens is 444 g/mol. The second-order valence-corrected chi connectivity index (χ2v) is 6.94. The van der Waals surface area contributed by atoms with Crippen molar-refractivity contribution in [3.05, 3.63) is 28.0 Å². The highest BCUT2D eigenvalue weighted by molar-refractivity contribution is 14.1. The van der Waals surface area contributed by atoms with E-state index in [0.29, 0.717) is 26.8 Å². The molecule has 1 aliphatic rings. The van der Waals surface area contributed by atoms with Crippen LogP contribution in [0.5, 0.6) is 0 Å². The molecule has 24 heavy (non-hydrogen) atoms. The molecule has 132 valence electrons. The minimum atomic E-state index is -4.35. The van der Waals surface area contributed by atoms with Crippen molar-refractivity contribution in [1.29, 1.82) is 0 Å². The Balaban J connectivity index is 1.96. The quantitative estimate of drug-likeness (QED) is 0.532. The first kappa shape index (κ1) is 17.7. The molecule has 9 heteroatoms. The predicted octanol–water partition coefficient (Wildman–Crippen LogP) is 4.22. The Morgan fingerprint density at radius 1 is 1.33 bits per heavy atom. The Morgan fingerprint density at radius 3 is 2.75 bits per heavy atom. The van der Waals surface area contributed by atoms with Crippen LogP contribution in [0.4, 0.5) is 27.6 Å². The normalized spacial score (nSPS) is 21.2. The molecule has 0 amide bonds. The van der Waals surface area contributed by atoms with Crippen molar-refractivity contribution in [3.8, 4) is 0 Å². The minimum absolute atomic E-state index is 0.240. The summed E-state index contributed by atoms with van der Waals surface area (Å²) in [7, 11) is 0. The van der Waals surface area contributed by atoms with Crippen molar-refractivity contribution in [2.45, 2.75) is 31.1 Å². The molecule has 1 saturated heterocycles. The van der Waals surface area contributed by atoms with Crippen molar-refractivity contribution < 1.29 is 22.0 Å². The fourth-order valence-electron chi connectivity index (χ4n) is 2.92. The van der Waals surface area contributed by atoms with Gasteiger partial charge >= 0.3 is 6.18 Å². The molecule has 3 rings (SSSR count). The molecule has 0 aliphatic carbocycles. The van der Waals surface area contributed by atoms with E-state index in [4.69, 9.17) is 0 Å². The van der Waals surface area contributed by atoms with E-state index in [9.17, 15) is 22.0 Å². The molecule has 1 aromatic carbocycles. The highest BCUT2D eigenvalue weighted by atomic mass is 127. The largest absolute Gasteiger partial charge is 0.406 e. The van der Waals surface area contributed by atoms with Crippen molar-refractivity contribution >= 4 is 39.2 Å². The molecule has 0 saturated carbocycles. The molecule has 2 aromatic rings. The highest BCUT2D eigenvalue weighted by Crippen LogP contribution is 2.33. The molecule has 1 aromatic heterocycles. The number of halogens is 6. The lowest BCUT2D eigenvalue weighted by Gasteiger charge is -2.33. The summed E-state index contributed by atoms with van der Waals surface area (Å²) in [6.07, 6.45) is -4.11. The molecule has 1 aliphatic heterocycles. The van der Waals surface area contributed by atoms with Crippen LogP contribution in [0.1, 0.15) is 6.42 Å². The number of rotatable bonds is 3. The van der Waals surface area contributed by atoms with Crippen LogP contribution in [-0.4, -0.2) is 35.8 Å². The first-order chi connectivity index (χ1) is 11.2. The Hall–Kier alpha value is -1.10. The molecule has 0 bridgehead atoms. The zero-order valence-corrected chi connectivity index (χ0v) is 14.6. The molecule has 2 heterocycles. The maximum Gasteiger partial charge on any atom is 0.406 e. The van der Waals surface area contributed by atoms with Crippen LogP contribution in [-0.2, 0) is 6.54 Å². The monoisotopic (exact) mass is 459 g/mol. The molecule has 1 unspecified atom stereocenters. The van der Waals surface area contributed by atoms with E-state index in [1.807, 2.05) is 22.6 Å².